The lowest BCUT2D eigenvalue weighted by atomic mass is 10.1. The number of aromatic nitrogens is 1. The molecule has 0 spiro atoms. The van der Waals surface area contributed by atoms with Crippen LogP contribution in [-0.2, 0) is 0 Å². The van der Waals surface area contributed by atoms with Gasteiger partial charge < -0.3 is 4.74 Å². The van der Waals surface area contributed by atoms with E-state index in [1.54, 1.807) is 18.3 Å². The third kappa shape index (κ3) is 2.36. The molecule has 0 aliphatic carbocycles. The van der Waals surface area contributed by atoms with Crippen LogP contribution in [-0.4, -0.2) is 17.5 Å². The summed E-state index contributed by atoms with van der Waals surface area (Å²) in [6.45, 7) is 2.44. The maximum atomic E-state index is 8.84. The van der Waals surface area contributed by atoms with E-state index in [1.807, 2.05) is 6.92 Å². The molecular formula is C10H11ClN2O. The van der Waals surface area contributed by atoms with Gasteiger partial charge in [-0.05, 0) is 19.1 Å². The van der Waals surface area contributed by atoms with E-state index >= 15 is 0 Å². The van der Waals surface area contributed by atoms with Crippen LogP contribution in [0.4, 0.5) is 0 Å². The second-order valence-electron chi connectivity index (χ2n) is 2.66. The first kappa shape index (κ1) is 10.8. The summed E-state index contributed by atoms with van der Waals surface area (Å²) in [4.78, 5) is 4.11. The summed E-state index contributed by atoms with van der Waals surface area (Å²) in [7, 11) is 0. The highest BCUT2D eigenvalue weighted by Crippen LogP contribution is 2.24. The Labute approximate surface area is 88.3 Å². The zero-order valence-electron chi connectivity index (χ0n) is 7.90. The van der Waals surface area contributed by atoms with Crippen molar-refractivity contribution in [2.24, 2.45) is 0 Å². The Balaban J connectivity index is 3.00. The van der Waals surface area contributed by atoms with Gasteiger partial charge in [0.25, 0.3) is 0 Å². The Morgan fingerprint density at radius 2 is 2.50 bits per heavy atom. The van der Waals surface area contributed by atoms with Crippen LogP contribution in [0.25, 0.3) is 0 Å². The highest BCUT2D eigenvalue weighted by Gasteiger charge is 2.15. The van der Waals surface area contributed by atoms with E-state index in [9.17, 15) is 0 Å². The van der Waals surface area contributed by atoms with Crippen molar-refractivity contribution < 1.29 is 4.74 Å². The van der Waals surface area contributed by atoms with Crippen LogP contribution in [0.2, 0.25) is 0 Å². The summed E-state index contributed by atoms with van der Waals surface area (Å²) in [5.74, 6) is 0.467. The van der Waals surface area contributed by atoms with Crippen LogP contribution in [0.15, 0.2) is 18.3 Å². The van der Waals surface area contributed by atoms with Gasteiger partial charge in [-0.25, -0.2) is 0 Å². The Morgan fingerprint density at radius 3 is 3.07 bits per heavy atom. The molecule has 0 saturated carbocycles. The zero-order chi connectivity index (χ0) is 10.4. The molecule has 0 fully saturated rings. The van der Waals surface area contributed by atoms with Gasteiger partial charge in [0, 0.05) is 12.1 Å². The lowest BCUT2D eigenvalue weighted by molar-refractivity contribution is 0.334. The van der Waals surface area contributed by atoms with E-state index in [-0.39, 0.29) is 5.88 Å². The molecule has 3 nitrogen and oxygen atoms in total. The highest BCUT2D eigenvalue weighted by atomic mass is 35.5. The van der Waals surface area contributed by atoms with Gasteiger partial charge in [0.2, 0.25) is 0 Å². The van der Waals surface area contributed by atoms with Gasteiger partial charge in [0.05, 0.1) is 12.7 Å². The fourth-order valence-electron chi connectivity index (χ4n) is 1.11. The number of nitrogens with zero attached hydrogens (tertiary/aromatic N) is 2. The minimum Gasteiger partial charge on any atom is -0.492 e. The molecule has 1 heterocycles. The van der Waals surface area contributed by atoms with Crippen molar-refractivity contribution >= 4 is 11.6 Å². The molecule has 0 aromatic carbocycles. The molecule has 1 aromatic rings. The van der Waals surface area contributed by atoms with Gasteiger partial charge in [-0.2, -0.15) is 5.26 Å². The average molecular weight is 211 g/mol. The predicted molar refractivity (Wildman–Crippen MR) is 54.5 cm³/mol. The van der Waals surface area contributed by atoms with Crippen molar-refractivity contribution in [3.05, 3.63) is 24.0 Å². The van der Waals surface area contributed by atoms with E-state index in [0.717, 1.165) is 0 Å². The predicted octanol–water partition coefficient (Wildman–Crippen LogP) is 2.33. The van der Waals surface area contributed by atoms with Gasteiger partial charge in [-0.1, -0.05) is 0 Å². The molecule has 0 amide bonds. The minimum atomic E-state index is -0.403. The van der Waals surface area contributed by atoms with Crippen molar-refractivity contribution in [2.45, 2.75) is 12.8 Å². The molecule has 0 aliphatic rings. The van der Waals surface area contributed by atoms with Gasteiger partial charge in [-0.15, -0.1) is 11.6 Å². The number of rotatable bonds is 4. The fraction of sp³-hybridized carbons (Fsp3) is 0.400. The van der Waals surface area contributed by atoms with E-state index in [1.165, 1.54) is 0 Å². The summed E-state index contributed by atoms with van der Waals surface area (Å²) in [6, 6.07) is 5.66. The van der Waals surface area contributed by atoms with E-state index in [0.29, 0.717) is 18.1 Å². The minimum absolute atomic E-state index is 0.230. The van der Waals surface area contributed by atoms with Crippen molar-refractivity contribution in [3.8, 4) is 11.8 Å². The Bertz CT molecular complexity index is 335. The second-order valence-corrected chi connectivity index (χ2v) is 2.96. The highest BCUT2D eigenvalue weighted by molar-refractivity contribution is 6.18. The first-order valence-electron chi connectivity index (χ1n) is 4.36. The number of halogens is 1. The largest absolute Gasteiger partial charge is 0.492 e. The molecule has 1 unspecified atom stereocenters. The average Bonchev–Trinajstić information content (AvgIpc) is 2.23. The Hall–Kier alpha value is -1.27. The summed E-state index contributed by atoms with van der Waals surface area (Å²) < 4.78 is 5.35. The molecule has 14 heavy (non-hydrogen) atoms. The molecule has 1 atom stereocenters. The molecule has 4 heteroatoms. The van der Waals surface area contributed by atoms with Gasteiger partial charge in [0.1, 0.15) is 17.4 Å². The maximum absolute atomic E-state index is 8.84. The van der Waals surface area contributed by atoms with Crippen LogP contribution < -0.4 is 4.74 Å². The van der Waals surface area contributed by atoms with Crippen LogP contribution in [0, 0.1) is 11.3 Å². The summed E-state index contributed by atoms with van der Waals surface area (Å²) >= 11 is 5.66. The first-order chi connectivity index (χ1) is 6.83. The number of pyridine rings is 1. The fourth-order valence-corrected chi connectivity index (χ4v) is 1.33. The molecule has 0 radical (unpaired) electrons. The lowest BCUT2D eigenvalue weighted by Crippen LogP contribution is -2.04. The van der Waals surface area contributed by atoms with Crippen LogP contribution >= 0.6 is 11.6 Å². The van der Waals surface area contributed by atoms with E-state index in [2.05, 4.69) is 11.1 Å². The van der Waals surface area contributed by atoms with Gasteiger partial charge >= 0.3 is 0 Å². The van der Waals surface area contributed by atoms with Crippen molar-refractivity contribution in [1.82, 2.24) is 4.98 Å². The third-order valence-corrected chi connectivity index (χ3v) is 2.05. The third-order valence-electron chi connectivity index (χ3n) is 1.74. The number of alkyl halides is 1. The van der Waals surface area contributed by atoms with Crippen molar-refractivity contribution in [3.63, 3.8) is 0 Å². The number of hydrogen-bond donors (Lipinski definition) is 0. The van der Waals surface area contributed by atoms with Crippen LogP contribution in [0.1, 0.15) is 18.5 Å². The molecule has 0 N–H and O–H groups in total. The van der Waals surface area contributed by atoms with Gasteiger partial charge in [0.15, 0.2) is 0 Å². The molecular weight excluding hydrogens is 200 g/mol. The Morgan fingerprint density at radius 1 is 1.71 bits per heavy atom. The molecule has 0 saturated heterocycles. The smallest absolute Gasteiger partial charge is 0.142 e. The maximum Gasteiger partial charge on any atom is 0.142 e. The summed E-state index contributed by atoms with van der Waals surface area (Å²) in [5, 5.41) is 8.84. The SMILES string of the molecule is CCOc1cccnc1C(C#N)CCl. The number of hydrogen-bond acceptors (Lipinski definition) is 3. The Kier molecular flexibility index (Phi) is 4.21. The number of ether oxygens (including phenoxy) is 1. The second kappa shape index (κ2) is 5.46. The molecule has 1 rings (SSSR count). The van der Waals surface area contributed by atoms with Crippen molar-refractivity contribution in [2.75, 3.05) is 12.5 Å². The lowest BCUT2D eigenvalue weighted by Gasteiger charge is -2.10. The normalized spacial score (nSPS) is 11.8. The standard InChI is InChI=1S/C10H11ClN2O/c1-2-14-9-4-3-5-13-10(9)8(6-11)7-12/h3-5,8H,2,6H2,1H3. The monoisotopic (exact) mass is 210 g/mol. The molecule has 0 bridgehead atoms. The molecule has 1 aromatic heterocycles. The number of nitriles is 1. The summed E-state index contributed by atoms with van der Waals surface area (Å²) in [5.41, 5.74) is 0.617. The molecule has 74 valence electrons. The zero-order valence-corrected chi connectivity index (χ0v) is 8.66. The topological polar surface area (TPSA) is 45.9 Å². The van der Waals surface area contributed by atoms with Crippen molar-refractivity contribution in [1.29, 1.82) is 5.26 Å². The molecule has 0 aliphatic heterocycles. The first-order valence-corrected chi connectivity index (χ1v) is 4.90. The van der Waals surface area contributed by atoms with E-state index < -0.39 is 5.92 Å². The summed E-state index contributed by atoms with van der Waals surface area (Å²) in [6.07, 6.45) is 1.63. The quantitative estimate of drug-likeness (QED) is 0.717. The van der Waals surface area contributed by atoms with Crippen LogP contribution in [0.3, 0.4) is 0 Å². The van der Waals surface area contributed by atoms with Crippen LogP contribution in [0.5, 0.6) is 5.75 Å². The van der Waals surface area contributed by atoms with Gasteiger partial charge in [-0.3, -0.25) is 4.98 Å². The van der Waals surface area contributed by atoms with E-state index in [4.69, 9.17) is 21.6 Å².